The third-order valence-electron chi connectivity index (χ3n) is 9.22. The van der Waals surface area contributed by atoms with Crippen LogP contribution in [0.3, 0.4) is 0 Å². The van der Waals surface area contributed by atoms with Gasteiger partial charge in [0, 0.05) is 18.9 Å². The van der Waals surface area contributed by atoms with Crippen LogP contribution in [0.1, 0.15) is 94.0 Å². The number of rotatable bonds is 7. The predicted molar refractivity (Wildman–Crippen MR) is 137 cm³/mol. The van der Waals surface area contributed by atoms with Crippen molar-refractivity contribution in [2.45, 2.75) is 90.5 Å². The van der Waals surface area contributed by atoms with Gasteiger partial charge < -0.3 is 9.64 Å². The van der Waals surface area contributed by atoms with Crippen molar-refractivity contribution >= 4 is 17.7 Å². The van der Waals surface area contributed by atoms with Crippen LogP contribution in [-0.4, -0.2) is 42.3 Å². The van der Waals surface area contributed by atoms with Gasteiger partial charge in [-0.1, -0.05) is 52.0 Å². The number of amides is 1. The smallest absolute Gasteiger partial charge is 0.337 e. The Labute approximate surface area is 215 Å². The molecule has 3 fully saturated rings. The third-order valence-corrected chi connectivity index (χ3v) is 9.22. The Balaban J connectivity index is 1.52. The van der Waals surface area contributed by atoms with Gasteiger partial charge in [0.1, 0.15) is 5.82 Å². The van der Waals surface area contributed by atoms with E-state index in [-0.39, 0.29) is 41.1 Å². The molecular weight excluding hydrogens is 457 g/mol. The van der Waals surface area contributed by atoms with Gasteiger partial charge in [-0.15, -0.1) is 0 Å². The van der Waals surface area contributed by atoms with Crippen molar-refractivity contribution in [2.75, 3.05) is 13.7 Å². The maximum Gasteiger partial charge on any atom is 0.337 e. The second-order valence-electron chi connectivity index (χ2n) is 11.6. The zero-order valence-corrected chi connectivity index (χ0v) is 22.1. The van der Waals surface area contributed by atoms with E-state index in [1.807, 2.05) is 4.90 Å². The summed E-state index contributed by atoms with van der Waals surface area (Å²) < 4.78 is 19.5. The summed E-state index contributed by atoms with van der Waals surface area (Å²) in [5.74, 6) is 0.797. The molecule has 4 rings (SSSR count). The number of methoxy groups -OCH3 is 1. The maximum absolute atomic E-state index is 14.9. The molecule has 6 heteroatoms. The van der Waals surface area contributed by atoms with E-state index in [9.17, 15) is 18.8 Å². The van der Waals surface area contributed by atoms with E-state index in [0.717, 1.165) is 51.0 Å². The number of carbonyl (C=O) groups excluding carboxylic acids is 3. The van der Waals surface area contributed by atoms with E-state index in [4.69, 9.17) is 0 Å². The highest BCUT2D eigenvalue weighted by Gasteiger charge is 2.46. The Morgan fingerprint density at radius 3 is 2.31 bits per heavy atom. The Kier molecular flexibility index (Phi) is 8.84. The number of ether oxygens (including phenoxy) is 1. The molecule has 0 bridgehead atoms. The normalized spacial score (nSPS) is 27.3. The van der Waals surface area contributed by atoms with Crippen LogP contribution in [0.25, 0.3) is 0 Å². The molecule has 1 heterocycles. The zero-order valence-electron chi connectivity index (χ0n) is 22.1. The van der Waals surface area contributed by atoms with Gasteiger partial charge in [-0.25, -0.2) is 9.18 Å². The lowest BCUT2D eigenvalue weighted by atomic mass is 9.74. The molecule has 2 aliphatic carbocycles. The van der Waals surface area contributed by atoms with Crippen LogP contribution in [0.5, 0.6) is 0 Å². The molecule has 1 aromatic rings. The van der Waals surface area contributed by atoms with Crippen LogP contribution < -0.4 is 0 Å². The van der Waals surface area contributed by atoms with Crippen LogP contribution >= 0.6 is 0 Å². The fourth-order valence-corrected chi connectivity index (χ4v) is 7.03. The van der Waals surface area contributed by atoms with Crippen molar-refractivity contribution in [1.82, 2.24) is 4.90 Å². The summed E-state index contributed by atoms with van der Waals surface area (Å²) in [5.41, 5.74) is 0.396. The quantitative estimate of drug-likeness (QED) is 0.433. The van der Waals surface area contributed by atoms with Crippen molar-refractivity contribution in [1.29, 1.82) is 0 Å². The highest BCUT2D eigenvalue weighted by molar-refractivity contribution is 5.93. The molecule has 1 aliphatic heterocycles. The summed E-state index contributed by atoms with van der Waals surface area (Å²) in [7, 11) is 1.25. The third kappa shape index (κ3) is 5.84. The number of Topliss-reactive ketones (excluding diaryl/α,β-unsaturated/α-hetero) is 1. The van der Waals surface area contributed by atoms with Gasteiger partial charge in [-0.2, -0.15) is 0 Å². The maximum atomic E-state index is 14.9. The minimum atomic E-state index is -0.608. The van der Waals surface area contributed by atoms with E-state index in [0.29, 0.717) is 24.3 Å². The predicted octanol–water partition coefficient (Wildman–Crippen LogP) is 5.98. The number of carbonyl (C=O) groups is 3. The summed E-state index contributed by atoms with van der Waals surface area (Å²) in [6, 6.07) is 3.67. The number of ketones is 1. The van der Waals surface area contributed by atoms with Crippen molar-refractivity contribution in [3.8, 4) is 0 Å². The number of esters is 1. The SMILES string of the molecule is COC(=O)c1ccc(CC(=O)[C@@H]2[C@@H](C3CCCCC3)CCN2C(=O)C2CCC(C(C)C)CC2)c(F)c1. The monoisotopic (exact) mass is 499 g/mol. The minimum Gasteiger partial charge on any atom is -0.465 e. The van der Waals surface area contributed by atoms with Crippen molar-refractivity contribution in [2.24, 2.45) is 29.6 Å². The minimum absolute atomic E-state index is 0.00326. The van der Waals surface area contributed by atoms with Crippen LogP contribution in [0.4, 0.5) is 4.39 Å². The second-order valence-corrected chi connectivity index (χ2v) is 11.6. The molecule has 3 aliphatic rings. The van der Waals surface area contributed by atoms with E-state index in [1.165, 1.54) is 38.5 Å². The standard InChI is InChI=1S/C30H42FNO4/c1-19(2)20-9-11-22(12-10-20)29(34)32-16-15-25(21-7-5-4-6-8-21)28(32)27(33)18-23-13-14-24(17-26(23)31)30(35)36-3/h13-14,17,19-22,25,28H,4-12,15-16,18H2,1-3H3/t20?,22?,25-,28+/m1/s1. The number of likely N-dealkylation sites (tertiary alicyclic amines) is 1. The van der Waals surface area contributed by atoms with Gasteiger partial charge >= 0.3 is 5.97 Å². The summed E-state index contributed by atoms with van der Waals surface area (Å²) >= 11 is 0. The summed E-state index contributed by atoms with van der Waals surface area (Å²) in [6.07, 6.45) is 10.6. The van der Waals surface area contributed by atoms with Gasteiger partial charge in [0.05, 0.1) is 18.7 Å². The molecule has 1 saturated heterocycles. The van der Waals surface area contributed by atoms with Crippen LogP contribution in [0.15, 0.2) is 18.2 Å². The lowest BCUT2D eigenvalue weighted by molar-refractivity contribution is -0.143. The van der Waals surface area contributed by atoms with E-state index in [1.54, 1.807) is 0 Å². The molecule has 198 valence electrons. The first-order valence-corrected chi connectivity index (χ1v) is 14.0. The number of nitrogens with zero attached hydrogens (tertiary/aromatic N) is 1. The number of hydrogen-bond donors (Lipinski definition) is 0. The number of halogens is 1. The topological polar surface area (TPSA) is 63.7 Å². The Morgan fingerprint density at radius 2 is 1.69 bits per heavy atom. The lowest BCUT2D eigenvalue weighted by Crippen LogP contribution is -2.48. The van der Waals surface area contributed by atoms with Crippen molar-refractivity contribution in [3.63, 3.8) is 0 Å². The van der Waals surface area contributed by atoms with Gasteiger partial charge in [0.25, 0.3) is 0 Å². The molecule has 0 spiro atoms. The zero-order chi connectivity index (χ0) is 25.8. The summed E-state index contributed by atoms with van der Waals surface area (Å²) in [4.78, 5) is 41.2. The summed E-state index contributed by atoms with van der Waals surface area (Å²) in [6.45, 7) is 5.14. The van der Waals surface area contributed by atoms with Crippen molar-refractivity contribution in [3.05, 3.63) is 35.1 Å². The number of hydrogen-bond acceptors (Lipinski definition) is 4. The first kappa shape index (κ1) is 26.8. The molecule has 5 nitrogen and oxygen atoms in total. The number of benzene rings is 1. The molecule has 0 N–H and O–H groups in total. The average molecular weight is 500 g/mol. The summed E-state index contributed by atoms with van der Waals surface area (Å²) in [5, 5.41) is 0. The van der Waals surface area contributed by atoms with E-state index >= 15 is 0 Å². The van der Waals surface area contributed by atoms with Gasteiger partial charge in [0.15, 0.2) is 5.78 Å². The van der Waals surface area contributed by atoms with Gasteiger partial charge in [-0.3, -0.25) is 9.59 Å². The van der Waals surface area contributed by atoms with Crippen molar-refractivity contribution < 1.29 is 23.5 Å². The van der Waals surface area contributed by atoms with Crippen LogP contribution in [0.2, 0.25) is 0 Å². The molecule has 1 amide bonds. The lowest BCUT2D eigenvalue weighted by Gasteiger charge is -2.37. The van der Waals surface area contributed by atoms with E-state index in [2.05, 4.69) is 18.6 Å². The second kappa shape index (κ2) is 11.9. The molecule has 0 unspecified atom stereocenters. The first-order valence-electron chi connectivity index (χ1n) is 14.0. The molecule has 0 radical (unpaired) electrons. The van der Waals surface area contributed by atoms with Crippen LogP contribution in [0, 0.1) is 35.4 Å². The van der Waals surface area contributed by atoms with E-state index < -0.39 is 17.8 Å². The largest absolute Gasteiger partial charge is 0.465 e. The Hall–Kier alpha value is -2.24. The van der Waals surface area contributed by atoms with Gasteiger partial charge in [0.2, 0.25) is 5.91 Å². The average Bonchev–Trinajstić information content (AvgIpc) is 3.35. The van der Waals surface area contributed by atoms with Gasteiger partial charge in [-0.05, 0) is 73.5 Å². The van der Waals surface area contributed by atoms with Crippen LogP contribution in [-0.2, 0) is 20.7 Å². The highest BCUT2D eigenvalue weighted by Crippen LogP contribution is 2.42. The molecular formula is C30H42FNO4. The Bertz CT molecular complexity index is 946. The Morgan fingerprint density at radius 1 is 1.00 bits per heavy atom. The fourth-order valence-electron chi connectivity index (χ4n) is 7.03. The first-order chi connectivity index (χ1) is 17.3. The molecule has 2 atom stereocenters. The highest BCUT2D eigenvalue weighted by atomic mass is 19.1. The molecule has 36 heavy (non-hydrogen) atoms. The molecule has 2 saturated carbocycles. The molecule has 1 aromatic carbocycles. The fraction of sp³-hybridized carbons (Fsp3) is 0.700. The molecule has 0 aromatic heterocycles.